The van der Waals surface area contributed by atoms with E-state index in [0.717, 1.165) is 18.2 Å². The molecule has 1 aromatic carbocycles. The lowest BCUT2D eigenvalue weighted by molar-refractivity contribution is 0.394. The molecule has 2 aromatic rings. The van der Waals surface area contributed by atoms with Gasteiger partial charge in [-0.15, -0.1) is 0 Å². The lowest BCUT2D eigenvalue weighted by Gasteiger charge is -1.96. The van der Waals surface area contributed by atoms with Crippen LogP contribution in [-0.4, -0.2) is 10.1 Å². The van der Waals surface area contributed by atoms with E-state index in [1.54, 1.807) is 6.92 Å². The van der Waals surface area contributed by atoms with Crippen LogP contribution in [0.1, 0.15) is 5.89 Å². The lowest BCUT2D eigenvalue weighted by Crippen LogP contribution is -1.88. The van der Waals surface area contributed by atoms with E-state index in [-0.39, 0.29) is 11.4 Å². The fourth-order valence-electron chi connectivity index (χ4n) is 1.08. The number of hydrogen-bond acceptors (Lipinski definition) is 3. The highest BCUT2D eigenvalue weighted by Gasteiger charge is 2.11. The smallest absolute Gasteiger partial charge is 0.223 e. The van der Waals surface area contributed by atoms with Crippen LogP contribution in [0.25, 0.3) is 11.4 Å². The van der Waals surface area contributed by atoms with Crippen molar-refractivity contribution in [2.75, 3.05) is 0 Å². The molecule has 0 radical (unpaired) electrons. The van der Waals surface area contributed by atoms with Gasteiger partial charge in [0.15, 0.2) is 0 Å². The zero-order valence-electron chi connectivity index (χ0n) is 7.29. The van der Waals surface area contributed by atoms with E-state index in [0.29, 0.717) is 5.89 Å². The molecule has 0 bridgehead atoms. The third-order valence-electron chi connectivity index (χ3n) is 1.70. The van der Waals surface area contributed by atoms with Crippen molar-refractivity contribution in [2.24, 2.45) is 0 Å². The fourth-order valence-corrected chi connectivity index (χ4v) is 1.08. The van der Waals surface area contributed by atoms with Crippen LogP contribution < -0.4 is 0 Å². The van der Waals surface area contributed by atoms with Gasteiger partial charge >= 0.3 is 0 Å². The molecule has 5 heteroatoms. The number of rotatable bonds is 1. The number of benzene rings is 1. The van der Waals surface area contributed by atoms with Crippen molar-refractivity contribution in [1.29, 1.82) is 0 Å². The second-order valence-electron chi connectivity index (χ2n) is 2.76. The maximum Gasteiger partial charge on any atom is 0.223 e. The molecule has 0 unspecified atom stereocenters. The van der Waals surface area contributed by atoms with E-state index in [4.69, 9.17) is 0 Å². The second kappa shape index (κ2) is 3.17. The van der Waals surface area contributed by atoms with Crippen LogP contribution in [0.15, 0.2) is 22.7 Å². The van der Waals surface area contributed by atoms with Crippen molar-refractivity contribution in [3.05, 3.63) is 35.7 Å². The predicted octanol–water partition coefficient (Wildman–Crippen LogP) is 2.32. The summed E-state index contributed by atoms with van der Waals surface area (Å²) in [7, 11) is 0. The normalized spacial score (nSPS) is 10.5. The van der Waals surface area contributed by atoms with E-state index in [9.17, 15) is 8.78 Å². The number of aromatic nitrogens is 2. The Labute approximate surface area is 78.4 Å². The van der Waals surface area contributed by atoms with Crippen LogP contribution >= 0.6 is 0 Å². The van der Waals surface area contributed by atoms with Crippen molar-refractivity contribution in [1.82, 2.24) is 10.1 Å². The fraction of sp³-hybridized carbons (Fsp3) is 0.111. The first kappa shape index (κ1) is 8.80. The van der Waals surface area contributed by atoms with Crippen LogP contribution in [0.5, 0.6) is 0 Å². The third kappa shape index (κ3) is 1.48. The van der Waals surface area contributed by atoms with Gasteiger partial charge in [-0.25, -0.2) is 8.78 Å². The molecule has 0 amide bonds. The summed E-state index contributed by atoms with van der Waals surface area (Å²) in [6.07, 6.45) is 0. The molecule has 14 heavy (non-hydrogen) atoms. The van der Waals surface area contributed by atoms with Gasteiger partial charge in [-0.3, -0.25) is 0 Å². The summed E-state index contributed by atoms with van der Waals surface area (Å²) >= 11 is 0. The monoisotopic (exact) mass is 196 g/mol. The molecule has 0 aliphatic rings. The maximum absolute atomic E-state index is 13.2. The van der Waals surface area contributed by atoms with Crippen molar-refractivity contribution in [3.63, 3.8) is 0 Å². The second-order valence-corrected chi connectivity index (χ2v) is 2.76. The van der Waals surface area contributed by atoms with Gasteiger partial charge in [-0.2, -0.15) is 4.98 Å². The molecule has 0 saturated carbocycles. The van der Waals surface area contributed by atoms with Gasteiger partial charge in [-0.1, -0.05) is 5.16 Å². The molecule has 0 fully saturated rings. The molecule has 0 saturated heterocycles. The van der Waals surface area contributed by atoms with Crippen LogP contribution in [0.3, 0.4) is 0 Å². The summed E-state index contributed by atoms with van der Waals surface area (Å²) in [6, 6.07) is 3.09. The highest BCUT2D eigenvalue weighted by atomic mass is 19.1. The number of halogens is 2. The van der Waals surface area contributed by atoms with Gasteiger partial charge < -0.3 is 4.52 Å². The molecule has 1 aromatic heterocycles. The van der Waals surface area contributed by atoms with Crippen LogP contribution in [-0.2, 0) is 0 Å². The first-order chi connectivity index (χ1) is 6.66. The Morgan fingerprint density at radius 3 is 2.71 bits per heavy atom. The van der Waals surface area contributed by atoms with E-state index >= 15 is 0 Å². The average Bonchev–Trinajstić information content (AvgIpc) is 2.56. The Bertz CT molecular complexity index is 468. The van der Waals surface area contributed by atoms with Crippen molar-refractivity contribution >= 4 is 0 Å². The topological polar surface area (TPSA) is 38.9 Å². The van der Waals surface area contributed by atoms with Gasteiger partial charge in [0.05, 0.1) is 5.56 Å². The number of nitrogens with zero attached hydrogens (tertiary/aromatic N) is 2. The molecular weight excluding hydrogens is 190 g/mol. The van der Waals surface area contributed by atoms with Crippen LogP contribution in [0.2, 0.25) is 0 Å². The highest BCUT2D eigenvalue weighted by Crippen LogP contribution is 2.20. The predicted molar refractivity (Wildman–Crippen MR) is 44.4 cm³/mol. The molecule has 0 aliphatic heterocycles. The number of hydrogen-bond donors (Lipinski definition) is 0. The summed E-state index contributed by atoms with van der Waals surface area (Å²) in [6.45, 7) is 1.58. The van der Waals surface area contributed by atoms with Gasteiger partial charge in [0, 0.05) is 6.92 Å². The SMILES string of the molecule is Cc1nc(-c2cc(F)ccc2F)no1. The standard InChI is InChI=1S/C9H6F2N2O/c1-5-12-9(13-14-5)7-4-6(10)2-3-8(7)11/h2-4H,1H3. The van der Waals surface area contributed by atoms with Crippen LogP contribution in [0, 0.1) is 18.6 Å². The molecule has 0 N–H and O–H groups in total. The minimum Gasteiger partial charge on any atom is -0.339 e. The molecule has 0 aliphatic carbocycles. The molecule has 1 heterocycles. The highest BCUT2D eigenvalue weighted by molar-refractivity contribution is 5.54. The molecule has 2 rings (SSSR count). The largest absolute Gasteiger partial charge is 0.339 e. The lowest BCUT2D eigenvalue weighted by atomic mass is 10.2. The van der Waals surface area contributed by atoms with Crippen molar-refractivity contribution in [3.8, 4) is 11.4 Å². The van der Waals surface area contributed by atoms with Gasteiger partial charge in [0.25, 0.3) is 0 Å². The summed E-state index contributed by atoms with van der Waals surface area (Å²) in [5.41, 5.74) is 0.00171. The van der Waals surface area contributed by atoms with Gasteiger partial charge in [0.2, 0.25) is 11.7 Å². The summed E-state index contributed by atoms with van der Waals surface area (Å²) in [5.74, 6) is -0.751. The van der Waals surface area contributed by atoms with Crippen molar-refractivity contribution in [2.45, 2.75) is 6.92 Å². The summed E-state index contributed by atoms with van der Waals surface area (Å²) in [5, 5.41) is 3.50. The molecule has 3 nitrogen and oxygen atoms in total. The first-order valence-electron chi connectivity index (χ1n) is 3.92. The van der Waals surface area contributed by atoms with Crippen molar-refractivity contribution < 1.29 is 13.3 Å². The minimum absolute atomic E-state index is 0.00171. The Hall–Kier alpha value is -1.78. The van der Waals surface area contributed by atoms with E-state index in [2.05, 4.69) is 14.7 Å². The minimum atomic E-state index is -0.577. The molecule has 72 valence electrons. The van der Waals surface area contributed by atoms with E-state index in [1.807, 2.05) is 0 Å². The zero-order valence-corrected chi connectivity index (χ0v) is 7.29. The van der Waals surface area contributed by atoms with E-state index < -0.39 is 11.6 Å². The summed E-state index contributed by atoms with van der Waals surface area (Å²) < 4.78 is 30.6. The third-order valence-corrected chi connectivity index (χ3v) is 1.70. The van der Waals surface area contributed by atoms with E-state index in [1.165, 1.54) is 0 Å². The summed E-state index contributed by atoms with van der Waals surface area (Å²) in [4.78, 5) is 3.80. The Kier molecular flexibility index (Phi) is 1.99. The Morgan fingerprint density at radius 2 is 2.07 bits per heavy atom. The average molecular weight is 196 g/mol. The first-order valence-corrected chi connectivity index (χ1v) is 3.92. The molecule has 0 spiro atoms. The van der Waals surface area contributed by atoms with Crippen LogP contribution in [0.4, 0.5) is 8.78 Å². The molecule has 0 atom stereocenters. The Morgan fingerprint density at radius 1 is 1.29 bits per heavy atom. The van der Waals surface area contributed by atoms with Gasteiger partial charge in [-0.05, 0) is 18.2 Å². The molecular formula is C9H6F2N2O. The maximum atomic E-state index is 13.2. The quantitative estimate of drug-likeness (QED) is 0.702. The zero-order chi connectivity index (χ0) is 10.1. The Balaban J connectivity index is 2.55. The number of aryl methyl sites for hydroxylation is 1. The van der Waals surface area contributed by atoms with Gasteiger partial charge in [0.1, 0.15) is 11.6 Å².